The monoisotopic (exact) mass is 292 g/mol. The number of hydrogen-bond donors (Lipinski definition) is 1. The van der Waals surface area contributed by atoms with E-state index in [9.17, 15) is 8.78 Å². The van der Waals surface area contributed by atoms with E-state index in [1.165, 1.54) is 12.1 Å². The van der Waals surface area contributed by atoms with Crippen LogP contribution in [0.5, 0.6) is 5.75 Å². The Hall–Kier alpha value is -2.17. The van der Waals surface area contributed by atoms with Crippen LogP contribution in [0.4, 0.5) is 14.6 Å². The van der Waals surface area contributed by atoms with Crippen molar-refractivity contribution in [2.24, 2.45) is 0 Å². The first-order valence-electron chi connectivity index (χ1n) is 6.95. The number of pyridine rings is 1. The minimum atomic E-state index is -0.560. The van der Waals surface area contributed by atoms with Crippen LogP contribution in [0.15, 0.2) is 36.5 Å². The number of rotatable bonds is 7. The van der Waals surface area contributed by atoms with E-state index in [4.69, 9.17) is 4.74 Å². The highest BCUT2D eigenvalue weighted by Crippen LogP contribution is 2.21. The van der Waals surface area contributed by atoms with E-state index < -0.39 is 11.6 Å². The van der Waals surface area contributed by atoms with Crippen LogP contribution in [-0.2, 0) is 6.42 Å². The Balaban J connectivity index is 1.94. The van der Waals surface area contributed by atoms with Crippen molar-refractivity contribution in [3.8, 4) is 5.75 Å². The fourth-order valence-electron chi connectivity index (χ4n) is 1.93. The quantitative estimate of drug-likeness (QED) is 0.842. The number of nitrogens with one attached hydrogen (secondary N) is 1. The molecule has 0 aliphatic carbocycles. The van der Waals surface area contributed by atoms with Crippen LogP contribution in [0.2, 0.25) is 0 Å². The first-order valence-corrected chi connectivity index (χ1v) is 6.95. The molecule has 0 amide bonds. The first kappa shape index (κ1) is 15.2. The Morgan fingerprint density at radius 3 is 2.67 bits per heavy atom. The molecule has 1 aromatic heterocycles. The van der Waals surface area contributed by atoms with Crippen LogP contribution in [0.25, 0.3) is 0 Å². The van der Waals surface area contributed by atoms with Gasteiger partial charge in [-0.1, -0.05) is 6.92 Å². The minimum Gasteiger partial charge on any atom is -0.490 e. The topological polar surface area (TPSA) is 34.1 Å². The molecule has 1 heterocycles. The normalized spacial score (nSPS) is 10.4. The number of aromatic nitrogens is 1. The molecule has 0 radical (unpaired) electrons. The molecule has 0 bridgehead atoms. The summed E-state index contributed by atoms with van der Waals surface area (Å²) in [4.78, 5) is 4.21. The molecule has 21 heavy (non-hydrogen) atoms. The smallest absolute Gasteiger partial charge is 0.168 e. The Kier molecular flexibility index (Phi) is 5.49. The zero-order valence-electron chi connectivity index (χ0n) is 11.9. The molecule has 0 fully saturated rings. The fraction of sp³-hybridized carbons (Fsp3) is 0.312. The summed E-state index contributed by atoms with van der Waals surface area (Å²) in [6, 6.07) is 7.17. The molecule has 3 nitrogen and oxygen atoms in total. The van der Waals surface area contributed by atoms with Crippen LogP contribution in [0, 0.1) is 11.6 Å². The Morgan fingerprint density at radius 2 is 1.95 bits per heavy atom. The van der Waals surface area contributed by atoms with Crippen molar-refractivity contribution in [2.75, 3.05) is 18.5 Å². The van der Waals surface area contributed by atoms with Gasteiger partial charge in [-0.3, -0.25) is 0 Å². The summed E-state index contributed by atoms with van der Waals surface area (Å²) in [5.41, 5.74) is 0.604. The number of halogens is 2. The average molecular weight is 292 g/mol. The molecule has 0 saturated carbocycles. The van der Waals surface area contributed by atoms with Crippen LogP contribution in [0.3, 0.4) is 0 Å². The molecule has 0 unspecified atom stereocenters. The van der Waals surface area contributed by atoms with Gasteiger partial charge in [0.05, 0.1) is 6.61 Å². The van der Waals surface area contributed by atoms with Gasteiger partial charge in [0.15, 0.2) is 11.6 Å². The second-order valence-electron chi connectivity index (χ2n) is 4.65. The molecule has 1 aromatic carbocycles. The van der Waals surface area contributed by atoms with Gasteiger partial charge in [0, 0.05) is 18.8 Å². The van der Waals surface area contributed by atoms with E-state index in [0.717, 1.165) is 12.5 Å². The lowest BCUT2D eigenvalue weighted by molar-refractivity contribution is 0.318. The zero-order chi connectivity index (χ0) is 15.1. The maximum absolute atomic E-state index is 13.1. The third-order valence-corrected chi connectivity index (χ3v) is 2.86. The predicted octanol–water partition coefficient (Wildman–Crippen LogP) is 3.80. The van der Waals surface area contributed by atoms with Crippen LogP contribution >= 0.6 is 0 Å². The van der Waals surface area contributed by atoms with E-state index in [1.807, 2.05) is 13.0 Å². The maximum Gasteiger partial charge on any atom is 0.168 e. The van der Waals surface area contributed by atoms with Gasteiger partial charge >= 0.3 is 0 Å². The molecule has 112 valence electrons. The van der Waals surface area contributed by atoms with Gasteiger partial charge in [0.25, 0.3) is 0 Å². The van der Waals surface area contributed by atoms with Crippen molar-refractivity contribution < 1.29 is 13.5 Å². The first-order chi connectivity index (χ1) is 10.2. The maximum atomic E-state index is 13.1. The van der Waals surface area contributed by atoms with Crippen LogP contribution < -0.4 is 10.1 Å². The standard InChI is InChI=1S/C16H18F2N2O/c1-2-8-21-15-4-3-6-19-16(15)20-7-5-12-9-13(17)11-14(18)10-12/h3-4,6,9-11H,2,5,7-8H2,1H3,(H,19,20). The molecular weight excluding hydrogens is 274 g/mol. The predicted molar refractivity (Wildman–Crippen MR) is 78.6 cm³/mol. The molecule has 0 atom stereocenters. The second-order valence-corrected chi connectivity index (χ2v) is 4.65. The fourth-order valence-corrected chi connectivity index (χ4v) is 1.93. The Bertz CT molecular complexity index is 570. The lowest BCUT2D eigenvalue weighted by atomic mass is 10.1. The Labute approximate surface area is 123 Å². The van der Waals surface area contributed by atoms with Crippen molar-refractivity contribution >= 4 is 5.82 Å². The van der Waals surface area contributed by atoms with Gasteiger partial charge < -0.3 is 10.1 Å². The molecule has 2 aromatic rings. The van der Waals surface area contributed by atoms with Gasteiger partial charge in [0.1, 0.15) is 11.6 Å². The van der Waals surface area contributed by atoms with Crippen molar-refractivity contribution in [3.63, 3.8) is 0 Å². The summed E-state index contributed by atoms with van der Waals surface area (Å²) in [6.07, 6.45) is 3.08. The number of benzene rings is 1. The minimum absolute atomic E-state index is 0.498. The highest BCUT2D eigenvalue weighted by Gasteiger charge is 2.05. The van der Waals surface area contributed by atoms with E-state index >= 15 is 0 Å². The van der Waals surface area contributed by atoms with Crippen molar-refractivity contribution in [2.45, 2.75) is 19.8 Å². The lowest BCUT2D eigenvalue weighted by Gasteiger charge is -2.11. The van der Waals surface area contributed by atoms with Gasteiger partial charge in [-0.25, -0.2) is 13.8 Å². The molecule has 5 heteroatoms. The summed E-state index contributed by atoms with van der Waals surface area (Å²) < 4.78 is 31.8. The molecular formula is C16H18F2N2O. The molecule has 1 N–H and O–H groups in total. The van der Waals surface area contributed by atoms with Gasteiger partial charge in [0.2, 0.25) is 0 Å². The summed E-state index contributed by atoms with van der Waals surface area (Å²) in [6.45, 7) is 3.17. The van der Waals surface area contributed by atoms with Gasteiger partial charge in [-0.05, 0) is 42.7 Å². The average Bonchev–Trinajstić information content (AvgIpc) is 2.45. The highest BCUT2D eigenvalue weighted by molar-refractivity contribution is 5.49. The molecule has 2 rings (SSSR count). The van der Waals surface area contributed by atoms with E-state index in [0.29, 0.717) is 36.7 Å². The zero-order valence-corrected chi connectivity index (χ0v) is 11.9. The number of nitrogens with zero attached hydrogens (tertiary/aromatic N) is 1. The molecule has 0 saturated heterocycles. The summed E-state index contributed by atoms with van der Waals surface area (Å²) >= 11 is 0. The number of hydrogen-bond acceptors (Lipinski definition) is 3. The van der Waals surface area contributed by atoms with Crippen molar-refractivity contribution in [1.82, 2.24) is 4.98 Å². The summed E-state index contributed by atoms with van der Waals surface area (Å²) in [5.74, 6) is 0.206. The van der Waals surface area contributed by atoms with Crippen molar-refractivity contribution in [3.05, 3.63) is 53.7 Å². The highest BCUT2D eigenvalue weighted by atomic mass is 19.1. The van der Waals surface area contributed by atoms with Crippen LogP contribution in [0.1, 0.15) is 18.9 Å². The van der Waals surface area contributed by atoms with Gasteiger partial charge in [-0.2, -0.15) is 0 Å². The van der Waals surface area contributed by atoms with E-state index in [-0.39, 0.29) is 0 Å². The molecule has 0 aliphatic rings. The third kappa shape index (κ3) is 4.70. The molecule has 0 aliphatic heterocycles. The largest absolute Gasteiger partial charge is 0.490 e. The van der Waals surface area contributed by atoms with Crippen molar-refractivity contribution in [1.29, 1.82) is 0 Å². The lowest BCUT2D eigenvalue weighted by Crippen LogP contribution is -2.09. The van der Waals surface area contributed by atoms with Gasteiger partial charge in [-0.15, -0.1) is 0 Å². The SMILES string of the molecule is CCCOc1cccnc1NCCc1cc(F)cc(F)c1. The summed E-state index contributed by atoms with van der Waals surface area (Å²) in [7, 11) is 0. The Morgan fingerprint density at radius 1 is 1.19 bits per heavy atom. The number of anilines is 1. The number of ether oxygens (including phenoxy) is 1. The van der Waals surface area contributed by atoms with E-state index in [1.54, 1.807) is 12.3 Å². The summed E-state index contributed by atoms with van der Waals surface area (Å²) in [5, 5.41) is 3.13. The molecule has 0 spiro atoms. The third-order valence-electron chi connectivity index (χ3n) is 2.86. The van der Waals surface area contributed by atoms with E-state index in [2.05, 4.69) is 10.3 Å². The second kappa shape index (κ2) is 7.57. The van der Waals surface area contributed by atoms with Crippen LogP contribution in [-0.4, -0.2) is 18.1 Å².